The minimum atomic E-state index is 0.633. The lowest BCUT2D eigenvalue weighted by Crippen LogP contribution is -2.35. The second-order valence-corrected chi connectivity index (χ2v) is 5.41. The third-order valence-corrected chi connectivity index (χ3v) is 3.66. The van der Waals surface area contributed by atoms with Crippen LogP contribution in [0.3, 0.4) is 0 Å². The molecule has 2 rings (SSSR count). The molecule has 1 atom stereocenters. The Balaban J connectivity index is 1.70. The molecule has 3 nitrogen and oxygen atoms in total. The highest BCUT2D eigenvalue weighted by Gasteiger charge is 2.15. The van der Waals surface area contributed by atoms with E-state index in [9.17, 15) is 4.79 Å². The van der Waals surface area contributed by atoms with Gasteiger partial charge in [-0.3, -0.25) is 4.79 Å². The quantitative estimate of drug-likeness (QED) is 0.582. The summed E-state index contributed by atoms with van der Waals surface area (Å²) < 4.78 is 5.69. The zero-order valence-corrected chi connectivity index (χ0v) is 11.7. The van der Waals surface area contributed by atoms with Crippen molar-refractivity contribution in [3.8, 4) is 5.75 Å². The van der Waals surface area contributed by atoms with Crippen LogP contribution < -0.4 is 4.74 Å². The molecule has 0 N–H and O–H groups in total. The lowest BCUT2D eigenvalue weighted by Gasteiger charge is -2.30. The minimum Gasteiger partial charge on any atom is -0.493 e. The molecule has 1 fully saturated rings. The van der Waals surface area contributed by atoms with Crippen LogP contribution in [0.4, 0.5) is 0 Å². The van der Waals surface area contributed by atoms with Gasteiger partial charge in [0.1, 0.15) is 5.75 Å². The third kappa shape index (κ3) is 4.35. The summed E-state index contributed by atoms with van der Waals surface area (Å²) in [6.45, 7) is 6.52. The number of aldehydes is 1. The van der Waals surface area contributed by atoms with Crippen molar-refractivity contribution in [3.05, 3.63) is 29.8 Å². The predicted octanol–water partition coefficient (Wildman–Crippen LogP) is 3.00. The van der Waals surface area contributed by atoms with Gasteiger partial charge in [0.2, 0.25) is 0 Å². The van der Waals surface area contributed by atoms with Gasteiger partial charge in [0.25, 0.3) is 0 Å². The van der Waals surface area contributed by atoms with Gasteiger partial charge >= 0.3 is 0 Å². The SMILES string of the molecule is C[C@H]1CCCN(CCCOc2ccccc2C=O)C1. The van der Waals surface area contributed by atoms with Crippen molar-refractivity contribution in [3.63, 3.8) is 0 Å². The van der Waals surface area contributed by atoms with Crippen molar-refractivity contribution in [2.75, 3.05) is 26.2 Å². The van der Waals surface area contributed by atoms with Crippen LogP contribution in [0.1, 0.15) is 36.5 Å². The third-order valence-electron chi connectivity index (χ3n) is 3.66. The number of piperidine rings is 1. The maximum atomic E-state index is 10.9. The number of benzene rings is 1. The molecule has 104 valence electrons. The van der Waals surface area contributed by atoms with E-state index in [4.69, 9.17) is 4.74 Å². The van der Waals surface area contributed by atoms with E-state index in [1.165, 1.54) is 25.9 Å². The van der Waals surface area contributed by atoms with E-state index in [1.54, 1.807) is 6.07 Å². The molecule has 3 heteroatoms. The highest BCUT2D eigenvalue weighted by atomic mass is 16.5. The van der Waals surface area contributed by atoms with Crippen molar-refractivity contribution in [1.29, 1.82) is 0 Å². The first-order valence-corrected chi connectivity index (χ1v) is 7.19. The number of ether oxygens (including phenoxy) is 1. The van der Waals surface area contributed by atoms with Gasteiger partial charge in [-0.05, 0) is 43.9 Å². The van der Waals surface area contributed by atoms with Crippen molar-refractivity contribution in [1.82, 2.24) is 4.90 Å². The Hall–Kier alpha value is -1.35. The zero-order valence-electron chi connectivity index (χ0n) is 11.7. The molecular weight excluding hydrogens is 238 g/mol. The Bertz CT molecular complexity index is 405. The zero-order chi connectivity index (χ0) is 13.5. The van der Waals surface area contributed by atoms with Crippen molar-refractivity contribution in [2.24, 2.45) is 5.92 Å². The predicted molar refractivity (Wildman–Crippen MR) is 76.8 cm³/mol. The van der Waals surface area contributed by atoms with Gasteiger partial charge in [0.05, 0.1) is 12.2 Å². The molecule has 1 saturated heterocycles. The Morgan fingerprint density at radius 2 is 2.26 bits per heavy atom. The Labute approximate surface area is 115 Å². The monoisotopic (exact) mass is 261 g/mol. The summed E-state index contributed by atoms with van der Waals surface area (Å²) in [5, 5.41) is 0. The second-order valence-electron chi connectivity index (χ2n) is 5.41. The number of carbonyl (C=O) groups excluding carboxylic acids is 1. The molecule has 0 radical (unpaired) electrons. The fraction of sp³-hybridized carbons (Fsp3) is 0.562. The lowest BCUT2D eigenvalue weighted by atomic mass is 10.0. The topological polar surface area (TPSA) is 29.5 Å². The van der Waals surface area contributed by atoms with Crippen LogP contribution in [0.25, 0.3) is 0 Å². The molecule has 0 saturated carbocycles. The molecular formula is C16H23NO2. The number of likely N-dealkylation sites (tertiary alicyclic amines) is 1. The average molecular weight is 261 g/mol. The number of carbonyl (C=O) groups is 1. The van der Waals surface area contributed by atoms with Crippen LogP contribution in [0.15, 0.2) is 24.3 Å². The first kappa shape index (κ1) is 14.1. The van der Waals surface area contributed by atoms with Crippen LogP contribution >= 0.6 is 0 Å². The van der Waals surface area contributed by atoms with Crippen LogP contribution in [-0.2, 0) is 0 Å². The molecule has 1 aromatic rings. The lowest BCUT2D eigenvalue weighted by molar-refractivity contribution is 0.111. The number of hydrogen-bond acceptors (Lipinski definition) is 3. The Morgan fingerprint density at radius 3 is 3.05 bits per heavy atom. The van der Waals surface area contributed by atoms with Crippen molar-refractivity contribution < 1.29 is 9.53 Å². The van der Waals surface area contributed by atoms with Crippen molar-refractivity contribution >= 4 is 6.29 Å². The van der Waals surface area contributed by atoms with Gasteiger partial charge in [-0.25, -0.2) is 0 Å². The van der Waals surface area contributed by atoms with Gasteiger partial charge < -0.3 is 9.64 Å². The number of para-hydroxylation sites is 1. The first-order valence-electron chi connectivity index (χ1n) is 7.19. The molecule has 0 amide bonds. The Kier molecular flexibility index (Phi) is 5.40. The second kappa shape index (κ2) is 7.29. The summed E-state index contributed by atoms with van der Waals surface area (Å²) in [6.07, 6.45) is 4.54. The first-order chi connectivity index (χ1) is 9.29. The summed E-state index contributed by atoms with van der Waals surface area (Å²) in [4.78, 5) is 13.4. The molecule has 19 heavy (non-hydrogen) atoms. The largest absolute Gasteiger partial charge is 0.493 e. The van der Waals surface area contributed by atoms with Gasteiger partial charge in [-0.2, -0.15) is 0 Å². The van der Waals surface area contributed by atoms with E-state index in [0.29, 0.717) is 17.9 Å². The maximum absolute atomic E-state index is 10.9. The molecule has 1 aromatic carbocycles. The summed E-state index contributed by atoms with van der Waals surface area (Å²) in [5.41, 5.74) is 0.633. The Morgan fingerprint density at radius 1 is 1.42 bits per heavy atom. The van der Waals surface area contributed by atoms with E-state index in [2.05, 4.69) is 11.8 Å². The van der Waals surface area contributed by atoms with E-state index >= 15 is 0 Å². The van der Waals surface area contributed by atoms with Gasteiger partial charge in [0.15, 0.2) is 6.29 Å². The summed E-state index contributed by atoms with van der Waals surface area (Å²) >= 11 is 0. The van der Waals surface area contributed by atoms with Crippen LogP contribution in [0.2, 0.25) is 0 Å². The fourth-order valence-corrected chi connectivity index (χ4v) is 2.67. The molecule has 0 bridgehead atoms. The number of nitrogens with zero attached hydrogens (tertiary/aromatic N) is 1. The van der Waals surface area contributed by atoms with E-state index in [-0.39, 0.29) is 0 Å². The molecule has 1 aliphatic heterocycles. The van der Waals surface area contributed by atoms with E-state index < -0.39 is 0 Å². The minimum absolute atomic E-state index is 0.633. The standard InChI is InChI=1S/C16H23NO2/c1-14-6-4-9-17(12-14)10-5-11-19-16-8-3-2-7-15(16)13-18/h2-3,7-8,13-14H,4-6,9-12H2,1H3/t14-/m0/s1. The van der Waals surface area contributed by atoms with Crippen LogP contribution in [0, 0.1) is 5.92 Å². The molecule has 1 heterocycles. The molecule has 1 aliphatic rings. The normalized spacial score (nSPS) is 20.2. The highest BCUT2D eigenvalue weighted by Crippen LogP contribution is 2.17. The maximum Gasteiger partial charge on any atom is 0.153 e. The van der Waals surface area contributed by atoms with Gasteiger partial charge in [-0.1, -0.05) is 19.1 Å². The van der Waals surface area contributed by atoms with E-state index in [0.717, 1.165) is 25.2 Å². The molecule has 0 spiro atoms. The van der Waals surface area contributed by atoms with Gasteiger partial charge in [-0.15, -0.1) is 0 Å². The van der Waals surface area contributed by atoms with Gasteiger partial charge in [0, 0.05) is 13.1 Å². The summed E-state index contributed by atoms with van der Waals surface area (Å²) in [5.74, 6) is 1.52. The average Bonchev–Trinajstić information content (AvgIpc) is 2.44. The molecule has 0 aromatic heterocycles. The highest BCUT2D eigenvalue weighted by molar-refractivity contribution is 5.79. The number of hydrogen-bond donors (Lipinski definition) is 0. The summed E-state index contributed by atoms with van der Waals surface area (Å²) in [7, 11) is 0. The van der Waals surface area contributed by atoms with E-state index in [1.807, 2.05) is 18.2 Å². The van der Waals surface area contributed by atoms with Crippen LogP contribution in [0.5, 0.6) is 5.75 Å². The molecule has 0 aliphatic carbocycles. The number of rotatable bonds is 6. The van der Waals surface area contributed by atoms with Crippen LogP contribution in [-0.4, -0.2) is 37.4 Å². The molecule has 0 unspecified atom stereocenters. The fourth-order valence-electron chi connectivity index (χ4n) is 2.67. The smallest absolute Gasteiger partial charge is 0.153 e. The van der Waals surface area contributed by atoms with Crippen molar-refractivity contribution in [2.45, 2.75) is 26.2 Å². The summed E-state index contributed by atoms with van der Waals surface area (Å²) in [6, 6.07) is 7.39.